The van der Waals surface area contributed by atoms with Crippen LogP contribution in [0.5, 0.6) is 0 Å². The molecule has 2 unspecified atom stereocenters. The number of carbonyl (C=O) groups is 3. The highest BCUT2D eigenvalue weighted by Gasteiger charge is 2.40. The molecule has 1 amide bonds. The average molecular weight is 386 g/mol. The largest absolute Gasteiger partial charge is 0.469 e. The monoisotopic (exact) mass is 385 g/mol. The van der Waals surface area contributed by atoms with E-state index in [1.165, 1.54) is 12.0 Å². The minimum atomic E-state index is -0.891. The lowest BCUT2D eigenvalue weighted by Gasteiger charge is -2.42. The van der Waals surface area contributed by atoms with Crippen LogP contribution >= 0.6 is 15.9 Å². The zero-order valence-electron chi connectivity index (χ0n) is 13.2. The maximum absolute atomic E-state index is 12.5. The molecule has 1 aliphatic carbocycles. The van der Waals surface area contributed by atoms with E-state index < -0.39 is 17.8 Å². The van der Waals surface area contributed by atoms with Crippen LogP contribution in [-0.2, 0) is 23.9 Å². The number of amides is 1. The van der Waals surface area contributed by atoms with E-state index in [0.29, 0.717) is 6.42 Å². The van der Waals surface area contributed by atoms with Gasteiger partial charge in [-0.1, -0.05) is 22.0 Å². The zero-order chi connectivity index (χ0) is 17.0. The molecule has 2 rings (SSSR count). The maximum atomic E-state index is 12.5. The standard InChI is InChI=1S/C16H20BrNO5/c1-3-23-16(21)15(20)18-12(9-14(19)22-2)6-4-10-8-11(17)5-7-13(10)18/h5,7,10,12H,3-4,6,8-9H2,1-2H3. The second-order valence-electron chi connectivity index (χ2n) is 5.51. The number of halogens is 1. The molecule has 2 aliphatic rings. The molecule has 1 heterocycles. The maximum Gasteiger partial charge on any atom is 0.397 e. The van der Waals surface area contributed by atoms with Gasteiger partial charge in [0.25, 0.3) is 0 Å². The van der Waals surface area contributed by atoms with Crippen molar-refractivity contribution >= 4 is 33.8 Å². The van der Waals surface area contributed by atoms with Crippen molar-refractivity contribution in [2.45, 2.75) is 38.6 Å². The van der Waals surface area contributed by atoms with Gasteiger partial charge in [0.05, 0.1) is 20.1 Å². The lowest BCUT2D eigenvalue weighted by atomic mass is 9.83. The Morgan fingerprint density at radius 1 is 1.30 bits per heavy atom. The first-order chi connectivity index (χ1) is 11.0. The number of allylic oxidation sites excluding steroid dienone is 4. The summed E-state index contributed by atoms with van der Waals surface area (Å²) >= 11 is 3.47. The van der Waals surface area contributed by atoms with Gasteiger partial charge >= 0.3 is 17.8 Å². The van der Waals surface area contributed by atoms with Gasteiger partial charge in [-0.15, -0.1) is 0 Å². The molecule has 0 aromatic rings. The number of nitrogens with zero attached hydrogens (tertiary/aromatic N) is 1. The molecule has 1 aliphatic heterocycles. The number of ether oxygens (including phenoxy) is 2. The summed E-state index contributed by atoms with van der Waals surface area (Å²) in [5, 5.41) is 0. The van der Waals surface area contributed by atoms with Crippen molar-refractivity contribution in [3.8, 4) is 0 Å². The molecule has 6 nitrogen and oxygen atoms in total. The zero-order valence-corrected chi connectivity index (χ0v) is 14.8. The molecule has 1 fully saturated rings. The lowest BCUT2D eigenvalue weighted by molar-refractivity contribution is -0.161. The minimum absolute atomic E-state index is 0.0661. The Labute approximate surface area is 143 Å². The van der Waals surface area contributed by atoms with Gasteiger partial charge < -0.3 is 14.4 Å². The van der Waals surface area contributed by atoms with Crippen LogP contribution in [0.15, 0.2) is 22.3 Å². The Hall–Kier alpha value is -1.63. The van der Waals surface area contributed by atoms with Gasteiger partial charge in [-0.2, -0.15) is 0 Å². The molecule has 0 radical (unpaired) electrons. The molecule has 7 heteroatoms. The smallest absolute Gasteiger partial charge is 0.397 e. The number of hydrogen-bond acceptors (Lipinski definition) is 5. The number of methoxy groups -OCH3 is 1. The second kappa shape index (κ2) is 7.77. The van der Waals surface area contributed by atoms with Gasteiger partial charge in [-0.3, -0.25) is 9.59 Å². The van der Waals surface area contributed by atoms with Crippen LogP contribution in [-0.4, -0.2) is 42.5 Å². The summed E-state index contributed by atoms with van der Waals surface area (Å²) in [5.41, 5.74) is 0.770. The van der Waals surface area contributed by atoms with E-state index in [1.54, 1.807) is 6.92 Å². The van der Waals surface area contributed by atoms with Crippen molar-refractivity contribution in [3.63, 3.8) is 0 Å². The van der Waals surface area contributed by atoms with Gasteiger partial charge in [0.1, 0.15) is 0 Å². The SMILES string of the molecule is CCOC(=O)C(=O)N1C2=CC=C(Br)CC2CCC1CC(=O)OC. The Bertz CT molecular complexity index is 569. The molecule has 0 saturated carbocycles. The van der Waals surface area contributed by atoms with E-state index in [9.17, 15) is 14.4 Å². The third-order valence-electron chi connectivity index (χ3n) is 4.09. The van der Waals surface area contributed by atoms with Gasteiger partial charge in [-0.25, -0.2) is 4.79 Å². The van der Waals surface area contributed by atoms with Crippen molar-refractivity contribution in [3.05, 3.63) is 22.3 Å². The summed E-state index contributed by atoms with van der Waals surface area (Å²) in [7, 11) is 1.31. The highest BCUT2D eigenvalue weighted by molar-refractivity contribution is 9.11. The average Bonchev–Trinajstić information content (AvgIpc) is 2.54. The van der Waals surface area contributed by atoms with Crippen LogP contribution in [0.1, 0.15) is 32.6 Å². The van der Waals surface area contributed by atoms with E-state index in [0.717, 1.165) is 23.0 Å². The summed E-state index contributed by atoms with van der Waals surface area (Å²) in [6.07, 6.45) is 6.04. The van der Waals surface area contributed by atoms with Crippen molar-refractivity contribution in [1.82, 2.24) is 4.90 Å². The Morgan fingerprint density at radius 3 is 2.70 bits per heavy atom. The van der Waals surface area contributed by atoms with Gasteiger partial charge in [0.2, 0.25) is 0 Å². The van der Waals surface area contributed by atoms with Crippen LogP contribution in [0.25, 0.3) is 0 Å². The van der Waals surface area contributed by atoms with Gasteiger partial charge in [0, 0.05) is 17.7 Å². The number of likely N-dealkylation sites (tertiary alicyclic amines) is 1. The number of carbonyl (C=O) groups excluding carboxylic acids is 3. The Kier molecular flexibility index (Phi) is 5.98. The predicted octanol–water partition coefficient (Wildman–Crippen LogP) is 2.29. The third-order valence-corrected chi connectivity index (χ3v) is 4.67. The second-order valence-corrected chi connectivity index (χ2v) is 6.53. The summed E-state index contributed by atoms with van der Waals surface area (Å²) in [5.74, 6) is -1.86. The fraction of sp³-hybridized carbons (Fsp3) is 0.562. The van der Waals surface area contributed by atoms with E-state index in [2.05, 4.69) is 15.9 Å². The number of rotatable bonds is 3. The fourth-order valence-corrected chi connectivity index (χ4v) is 3.55. The van der Waals surface area contributed by atoms with Gasteiger partial charge in [-0.05, 0) is 36.7 Å². The van der Waals surface area contributed by atoms with E-state index in [1.807, 2.05) is 12.2 Å². The predicted molar refractivity (Wildman–Crippen MR) is 86.3 cm³/mol. The van der Waals surface area contributed by atoms with Crippen LogP contribution < -0.4 is 0 Å². The van der Waals surface area contributed by atoms with Gasteiger partial charge in [0.15, 0.2) is 0 Å². The van der Waals surface area contributed by atoms with Crippen molar-refractivity contribution in [2.75, 3.05) is 13.7 Å². The first kappa shape index (κ1) is 17.7. The molecule has 0 aromatic carbocycles. The van der Waals surface area contributed by atoms with Crippen LogP contribution in [0.4, 0.5) is 0 Å². The molecule has 0 N–H and O–H groups in total. The molecule has 0 spiro atoms. The van der Waals surface area contributed by atoms with Crippen molar-refractivity contribution < 1.29 is 23.9 Å². The molecule has 0 bridgehead atoms. The highest BCUT2D eigenvalue weighted by atomic mass is 79.9. The number of piperidine rings is 1. The minimum Gasteiger partial charge on any atom is -0.469 e. The van der Waals surface area contributed by atoms with E-state index in [-0.39, 0.29) is 25.0 Å². The topological polar surface area (TPSA) is 72.9 Å². The number of fused-ring (bicyclic) bond motifs is 1. The first-order valence-electron chi connectivity index (χ1n) is 7.61. The first-order valence-corrected chi connectivity index (χ1v) is 8.40. The number of esters is 2. The van der Waals surface area contributed by atoms with Crippen LogP contribution in [0.3, 0.4) is 0 Å². The Balaban J connectivity index is 2.31. The molecular weight excluding hydrogens is 366 g/mol. The molecule has 126 valence electrons. The summed E-state index contributed by atoms with van der Waals surface area (Å²) < 4.78 is 10.6. The summed E-state index contributed by atoms with van der Waals surface area (Å²) in [6.45, 7) is 1.78. The van der Waals surface area contributed by atoms with Crippen LogP contribution in [0.2, 0.25) is 0 Å². The summed E-state index contributed by atoms with van der Waals surface area (Å²) in [6, 6.07) is -0.382. The summed E-state index contributed by atoms with van der Waals surface area (Å²) in [4.78, 5) is 37.5. The third kappa shape index (κ3) is 4.02. The lowest BCUT2D eigenvalue weighted by Crippen LogP contribution is -2.49. The van der Waals surface area contributed by atoms with Crippen molar-refractivity contribution in [1.29, 1.82) is 0 Å². The molecule has 1 saturated heterocycles. The normalized spacial score (nSPS) is 23.3. The molecule has 2 atom stereocenters. The quantitative estimate of drug-likeness (QED) is 0.550. The fourth-order valence-electron chi connectivity index (χ4n) is 3.02. The molecular formula is C16H20BrNO5. The van der Waals surface area contributed by atoms with E-state index in [4.69, 9.17) is 9.47 Å². The van der Waals surface area contributed by atoms with Crippen LogP contribution in [0, 0.1) is 5.92 Å². The van der Waals surface area contributed by atoms with E-state index >= 15 is 0 Å². The highest BCUT2D eigenvalue weighted by Crippen LogP contribution is 2.40. The molecule has 23 heavy (non-hydrogen) atoms. The number of hydrogen-bond donors (Lipinski definition) is 0. The molecule has 0 aromatic heterocycles. The van der Waals surface area contributed by atoms with Crippen molar-refractivity contribution in [2.24, 2.45) is 5.92 Å². The Morgan fingerprint density at radius 2 is 2.04 bits per heavy atom.